The lowest BCUT2D eigenvalue weighted by Gasteiger charge is -2.21. The summed E-state index contributed by atoms with van der Waals surface area (Å²) >= 11 is 5.89. The summed E-state index contributed by atoms with van der Waals surface area (Å²) in [6, 6.07) is 5.18. The predicted octanol–water partition coefficient (Wildman–Crippen LogP) is 3.07. The Morgan fingerprint density at radius 3 is 2.83 bits per heavy atom. The zero-order valence-corrected chi connectivity index (χ0v) is 12.0. The molecule has 5 heteroatoms. The van der Waals surface area contributed by atoms with Crippen LogP contribution in [0.3, 0.4) is 0 Å². The van der Waals surface area contributed by atoms with Crippen LogP contribution in [0, 0.1) is 11.7 Å². The number of halogens is 3. The first kappa shape index (κ1) is 15.7. The van der Waals surface area contributed by atoms with Crippen molar-refractivity contribution in [3.63, 3.8) is 0 Å². The van der Waals surface area contributed by atoms with Crippen LogP contribution in [0.5, 0.6) is 0 Å². The van der Waals surface area contributed by atoms with E-state index in [-0.39, 0.29) is 18.2 Å². The molecule has 1 fully saturated rings. The molecular formula is C13H19Cl2FN2. The number of nitrogens with zero attached hydrogens (tertiary/aromatic N) is 1. The Morgan fingerprint density at radius 2 is 2.22 bits per heavy atom. The summed E-state index contributed by atoms with van der Waals surface area (Å²) in [7, 11) is 0. The van der Waals surface area contributed by atoms with Crippen molar-refractivity contribution < 1.29 is 4.39 Å². The number of hydrogen-bond donors (Lipinski definition) is 1. The first-order chi connectivity index (χ1) is 8.10. The van der Waals surface area contributed by atoms with Crippen LogP contribution in [0.15, 0.2) is 18.2 Å². The second-order valence-corrected chi connectivity index (χ2v) is 5.29. The molecule has 1 aliphatic heterocycles. The van der Waals surface area contributed by atoms with Gasteiger partial charge in [0, 0.05) is 29.7 Å². The van der Waals surface area contributed by atoms with Gasteiger partial charge in [0.15, 0.2) is 0 Å². The van der Waals surface area contributed by atoms with E-state index in [0.717, 1.165) is 13.0 Å². The summed E-state index contributed by atoms with van der Waals surface area (Å²) < 4.78 is 13.6. The second-order valence-electron chi connectivity index (χ2n) is 4.85. The first-order valence-corrected chi connectivity index (χ1v) is 6.36. The molecule has 2 N–H and O–H groups in total. The lowest BCUT2D eigenvalue weighted by molar-refractivity contribution is 0.252. The van der Waals surface area contributed by atoms with Gasteiger partial charge in [-0.15, -0.1) is 12.4 Å². The molecule has 1 aromatic rings. The van der Waals surface area contributed by atoms with Crippen molar-refractivity contribution in [2.75, 3.05) is 13.1 Å². The summed E-state index contributed by atoms with van der Waals surface area (Å²) in [5, 5.41) is 0.587. The third-order valence-electron chi connectivity index (χ3n) is 3.51. The van der Waals surface area contributed by atoms with E-state index >= 15 is 0 Å². The molecule has 1 aliphatic rings. The van der Waals surface area contributed by atoms with Crippen molar-refractivity contribution in [2.24, 2.45) is 11.7 Å². The van der Waals surface area contributed by atoms with Gasteiger partial charge in [0.2, 0.25) is 0 Å². The van der Waals surface area contributed by atoms with Crippen LogP contribution in [0.1, 0.15) is 18.9 Å². The van der Waals surface area contributed by atoms with Crippen molar-refractivity contribution in [3.8, 4) is 0 Å². The monoisotopic (exact) mass is 292 g/mol. The van der Waals surface area contributed by atoms with E-state index in [0.29, 0.717) is 35.6 Å². The van der Waals surface area contributed by atoms with Gasteiger partial charge in [-0.25, -0.2) is 4.39 Å². The highest BCUT2D eigenvalue weighted by Gasteiger charge is 2.28. The quantitative estimate of drug-likeness (QED) is 0.928. The van der Waals surface area contributed by atoms with Gasteiger partial charge in [-0.05, 0) is 44.0 Å². The third kappa shape index (κ3) is 3.58. The fourth-order valence-electron chi connectivity index (χ4n) is 2.49. The predicted molar refractivity (Wildman–Crippen MR) is 75.7 cm³/mol. The van der Waals surface area contributed by atoms with Gasteiger partial charge < -0.3 is 5.73 Å². The second kappa shape index (κ2) is 6.71. The molecule has 0 bridgehead atoms. The van der Waals surface area contributed by atoms with Gasteiger partial charge in [0.1, 0.15) is 5.82 Å². The molecule has 1 saturated heterocycles. The highest BCUT2D eigenvalue weighted by Crippen LogP contribution is 2.25. The lowest BCUT2D eigenvalue weighted by atomic mass is 10.1. The third-order valence-corrected chi connectivity index (χ3v) is 3.74. The van der Waals surface area contributed by atoms with Gasteiger partial charge in [0.25, 0.3) is 0 Å². The van der Waals surface area contributed by atoms with Gasteiger partial charge in [-0.2, -0.15) is 0 Å². The number of rotatable bonds is 3. The minimum Gasteiger partial charge on any atom is -0.330 e. The summed E-state index contributed by atoms with van der Waals surface area (Å²) in [5.41, 5.74) is 6.35. The van der Waals surface area contributed by atoms with E-state index in [4.69, 9.17) is 17.3 Å². The zero-order chi connectivity index (χ0) is 12.4. The SMILES string of the molecule is CC1CC(CN)CN1Cc1cc(Cl)ccc1F.Cl. The maximum absolute atomic E-state index is 13.6. The molecule has 1 heterocycles. The van der Waals surface area contributed by atoms with E-state index < -0.39 is 0 Å². The minimum absolute atomic E-state index is 0. The molecule has 2 atom stereocenters. The standard InChI is InChI=1S/C13H18ClFN2.ClH/c1-9-4-10(6-16)7-17(9)8-11-5-12(14)2-3-13(11)15;/h2-3,5,9-10H,4,6-8,16H2,1H3;1H. The molecule has 0 aliphatic carbocycles. The highest BCUT2D eigenvalue weighted by molar-refractivity contribution is 6.30. The Kier molecular flexibility index (Phi) is 5.86. The zero-order valence-electron chi connectivity index (χ0n) is 10.4. The Labute approximate surface area is 119 Å². The van der Waals surface area contributed by atoms with E-state index in [9.17, 15) is 4.39 Å². The van der Waals surface area contributed by atoms with Gasteiger partial charge >= 0.3 is 0 Å². The van der Waals surface area contributed by atoms with Crippen LogP contribution in [-0.2, 0) is 6.54 Å². The molecular weight excluding hydrogens is 274 g/mol. The van der Waals surface area contributed by atoms with Crippen LogP contribution < -0.4 is 5.73 Å². The Bertz CT molecular complexity index is 401. The van der Waals surface area contributed by atoms with Crippen LogP contribution in [0.2, 0.25) is 5.02 Å². The lowest BCUT2D eigenvalue weighted by Crippen LogP contribution is -2.27. The van der Waals surface area contributed by atoms with Gasteiger partial charge in [-0.3, -0.25) is 4.90 Å². The average molecular weight is 293 g/mol. The van der Waals surface area contributed by atoms with Crippen LogP contribution in [0.4, 0.5) is 4.39 Å². The molecule has 0 aromatic heterocycles. The molecule has 1 aromatic carbocycles. The fourth-order valence-corrected chi connectivity index (χ4v) is 2.69. The Morgan fingerprint density at radius 1 is 1.50 bits per heavy atom. The topological polar surface area (TPSA) is 29.3 Å². The van der Waals surface area contributed by atoms with Gasteiger partial charge in [-0.1, -0.05) is 11.6 Å². The molecule has 0 amide bonds. The molecule has 102 valence electrons. The molecule has 0 radical (unpaired) electrons. The maximum Gasteiger partial charge on any atom is 0.127 e. The van der Waals surface area contributed by atoms with E-state index in [2.05, 4.69) is 11.8 Å². The van der Waals surface area contributed by atoms with Crippen molar-refractivity contribution >= 4 is 24.0 Å². The summed E-state index contributed by atoms with van der Waals surface area (Å²) in [4.78, 5) is 2.27. The molecule has 0 saturated carbocycles. The van der Waals surface area contributed by atoms with Crippen molar-refractivity contribution in [1.82, 2.24) is 4.90 Å². The number of hydrogen-bond acceptors (Lipinski definition) is 2. The number of benzene rings is 1. The Hall–Kier alpha value is -0.350. The average Bonchev–Trinajstić information content (AvgIpc) is 2.65. The largest absolute Gasteiger partial charge is 0.330 e. The van der Waals surface area contributed by atoms with E-state index in [1.54, 1.807) is 12.1 Å². The summed E-state index contributed by atoms with van der Waals surface area (Å²) in [6.07, 6.45) is 1.10. The molecule has 2 nitrogen and oxygen atoms in total. The minimum atomic E-state index is -0.183. The highest BCUT2D eigenvalue weighted by atomic mass is 35.5. The van der Waals surface area contributed by atoms with Crippen LogP contribution in [-0.4, -0.2) is 24.0 Å². The molecule has 0 spiro atoms. The van der Waals surface area contributed by atoms with Crippen molar-refractivity contribution in [2.45, 2.75) is 25.9 Å². The van der Waals surface area contributed by atoms with E-state index in [1.165, 1.54) is 6.07 Å². The number of likely N-dealkylation sites (tertiary alicyclic amines) is 1. The molecule has 2 rings (SSSR count). The van der Waals surface area contributed by atoms with Crippen molar-refractivity contribution in [1.29, 1.82) is 0 Å². The summed E-state index contributed by atoms with van der Waals surface area (Å²) in [5.74, 6) is 0.352. The summed E-state index contributed by atoms with van der Waals surface area (Å²) in [6.45, 7) is 4.44. The van der Waals surface area contributed by atoms with Crippen molar-refractivity contribution in [3.05, 3.63) is 34.6 Å². The van der Waals surface area contributed by atoms with Crippen LogP contribution in [0.25, 0.3) is 0 Å². The smallest absolute Gasteiger partial charge is 0.127 e. The maximum atomic E-state index is 13.6. The Balaban J connectivity index is 0.00000162. The molecule has 18 heavy (non-hydrogen) atoms. The van der Waals surface area contributed by atoms with E-state index in [1.807, 2.05) is 0 Å². The molecule has 2 unspecified atom stereocenters. The fraction of sp³-hybridized carbons (Fsp3) is 0.538. The first-order valence-electron chi connectivity index (χ1n) is 5.98. The van der Waals surface area contributed by atoms with Crippen LogP contribution >= 0.6 is 24.0 Å². The number of nitrogens with two attached hydrogens (primary N) is 1. The normalized spacial score (nSPS) is 24.0. The van der Waals surface area contributed by atoms with Gasteiger partial charge in [0.05, 0.1) is 0 Å².